The van der Waals surface area contributed by atoms with E-state index >= 15 is 0 Å². The maximum Gasteiger partial charge on any atom is 0.119 e. The van der Waals surface area contributed by atoms with Crippen molar-refractivity contribution in [3.8, 4) is 0 Å². The molecule has 0 unspecified atom stereocenters. The number of nitrogens with one attached hydrogen (secondary N) is 1. The van der Waals surface area contributed by atoms with Crippen LogP contribution in [0.5, 0.6) is 0 Å². The molecule has 0 aliphatic heterocycles. The molecule has 0 amide bonds. The molecule has 0 aromatic heterocycles. The lowest BCUT2D eigenvalue weighted by atomic mass is 9.84. The Hall–Kier alpha value is -1.84. The van der Waals surface area contributed by atoms with Gasteiger partial charge in [0, 0.05) is 0 Å². The van der Waals surface area contributed by atoms with Crippen molar-refractivity contribution in [3.05, 3.63) is 108 Å². The van der Waals surface area contributed by atoms with Gasteiger partial charge in [0.1, 0.15) is 4.87 Å². The number of hydrogen-bond donors (Lipinski definition) is 2. The van der Waals surface area contributed by atoms with Crippen LogP contribution in [0.15, 0.2) is 91.0 Å². The quantitative estimate of drug-likeness (QED) is 0.235. The third-order valence-electron chi connectivity index (χ3n) is 3.51. The van der Waals surface area contributed by atoms with Crippen LogP contribution < -0.4 is 10.8 Å². The number of benzene rings is 3. The number of nitrogens with two attached hydrogens (primary N) is 1. The summed E-state index contributed by atoms with van der Waals surface area (Å²) in [7, 11) is 0. The largest absolute Gasteiger partial charge is 0.257 e. The van der Waals surface area contributed by atoms with E-state index in [0.717, 1.165) is 16.7 Å². The summed E-state index contributed by atoms with van der Waals surface area (Å²) >= 11 is 11.6. The molecule has 0 fully saturated rings. The number of rotatable bonds is 3. The van der Waals surface area contributed by atoms with Crippen LogP contribution >= 0.6 is 23.4 Å². The molecule has 0 aliphatic rings. The monoisotopic (exact) mass is 344 g/mol. The van der Waals surface area contributed by atoms with Gasteiger partial charge >= 0.3 is 0 Å². The van der Waals surface area contributed by atoms with E-state index in [1.54, 1.807) is 4.94 Å². The van der Waals surface area contributed by atoms with Crippen molar-refractivity contribution in [2.75, 3.05) is 0 Å². The van der Waals surface area contributed by atoms with E-state index in [4.69, 9.17) is 11.6 Å². The number of hydrogen-bond acceptors (Lipinski definition) is 2. The molecule has 0 saturated heterocycles. The average Bonchev–Trinajstić information content (AvgIpc) is 2.64. The molecule has 118 valence electrons. The van der Waals surface area contributed by atoms with Crippen LogP contribution in [0.25, 0.3) is 0 Å². The molecule has 0 saturated carbocycles. The molecule has 3 aromatic rings. The molecule has 0 spiro atoms. The van der Waals surface area contributed by atoms with E-state index in [-0.39, 0.29) is 0 Å². The first-order valence-corrected chi connectivity index (χ1v) is 7.90. The lowest BCUT2D eigenvalue weighted by Gasteiger charge is -2.29. The number of alkyl halides is 1. The topological polar surface area (TPSA) is 38.0 Å². The molecule has 3 aromatic carbocycles. The first-order valence-electron chi connectivity index (χ1n) is 7.15. The lowest BCUT2D eigenvalue weighted by Crippen LogP contribution is -2.22. The van der Waals surface area contributed by atoms with Crippen molar-refractivity contribution in [3.63, 3.8) is 0 Å². The van der Waals surface area contributed by atoms with Crippen LogP contribution in [0.1, 0.15) is 16.7 Å². The third-order valence-corrected chi connectivity index (χ3v) is 4.17. The second-order valence-corrected chi connectivity index (χ2v) is 5.65. The lowest BCUT2D eigenvalue weighted by molar-refractivity contribution is 0.879. The normalized spacial score (nSPS) is 10.6. The van der Waals surface area contributed by atoms with Gasteiger partial charge in [-0.3, -0.25) is 5.84 Å². The van der Waals surface area contributed by atoms with Gasteiger partial charge in [-0.05, 0) is 28.5 Å². The van der Waals surface area contributed by atoms with Crippen molar-refractivity contribution in [1.82, 2.24) is 4.94 Å². The SMILES string of the molecule is ClC(c1ccccc1)(c1ccccc1)c1ccccc1.NNCl. The molecule has 3 rings (SSSR count). The smallest absolute Gasteiger partial charge is 0.119 e. The van der Waals surface area contributed by atoms with Crippen LogP contribution in [-0.4, -0.2) is 0 Å². The summed E-state index contributed by atoms with van der Waals surface area (Å²) in [5, 5.41) is 0. The molecule has 0 bridgehead atoms. The van der Waals surface area contributed by atoms with Crippen molar-refractivity contribution in [2.45, 2.75) is 4.87 Å². The Morgan fingerprint density at radius 3 is 1.04 bits per heavy atom. The third kappa shape index (κ3) is 4.12. The van der Waals surface area contributed by atoms with Gasteiger partial charge in [0.05, 0.1) is 0 Å². The van der Waals surface area contributed by atoms with E-state index in [0.29, 0.717) is 0 Å². The summed E-state index contributed by atoms with van der Waals surface area (Å²) in [6.45, 7) is 0. The van der Waals surface area contributed by atoms with E-state index in [1.807, 2.05) is 54.6 Å². The van der Waals surface area contributed by atoms with Crippen molar-refractivity contribution < 1.29 is 0 Å². The first kappa shape index (κ1) is 17.5. The molecular weight excluding hydrogens is 327 g/mol. The molecule has 0 aliphatic carbocycles. The van der Waals surface area contributed by atoms with Crippen LogP contribution in [0.2, 0.25) is 0 Å². The van der Waals surface area contributed by atoms with Gasteiger partial charge < -0.3 is 0 Å². The number of halogens is 2. The van der Waals surface area contributed by atoms with E-state index in [2.05, 4.69) is 54.0 Å². The molecule has 0 heterocycles. The molecule has 23 heavy (non-hydrogen) atoms. The Morgan fingerprint density at radius 1 is 0.609 bits per heavy atom. The minimum absolute atomic E-state index is 0.649. The van der Waals surface area contributed by atoms with Gasteiger partial charge in [0.25, 0.3) is 0 Å². The second-order valence-electron chi connectivity index (χ2n) is 4.87. The summed E-state index contributed by atoms with van der Waals surface area (Å²) in [6, 6.07) is 30.6. The molecule has 2 nitrogen and oxygen atoms in total. The Balaban J connectivity index is 0.000000595. The van der Waals surface area contributed by atoms with Crippen molar-refractivity contribution >= 4 is 23.4 Å². The summed E-state index contributed by atoms with van der Waals surface area (Å²) < 4.78 is 0. The first-order chi connectivity index (χ1) is 11.2. The summed E-state index contributed by atoms with van der Waals surface area (Å²) in [5.41, 5.74) is 3.25. The minimum atomic E-state index is -0.649. The Morgan fingerprint density at radius 2 is 0.826 bits per heavy atom. The molecule has 0 radical (unpaired) electrons. The number of hydrazine groups is 1. The maximum atomic E-state index is 7.12. The van der Waals surface area contributed by atoms with Crippen LogP contribution in [0.4, 0.5) is 0 Å². The highest BCUT2D eigenvalue weighted by Gasteiger charge is 2.33. The van der Waals surface area contributed by atoms with Gasteiger partial charge in [0.15, 0.2) is 0 Å². The molecule has 4 heteroatoms. The zero-order chi connectivity index (χ0) is 16.5. The van der Waals surface area contributed by atoms with E-state index in [9.17, 15) is 0 Å². The van der Waals surface area contributed by atoms with Gasteiger partial charge in [-0.25, -0.2) is 0 Å². The Kier molecular flexibility index (Phi) is 6.63. The fourth-order valence-electron chi connectivity index (χ4n) is 2.50. The van der Waals surface area contributed by atoms with E-state index < -0.39 is 4.87 Å². The van der Waals surface area contributed by atoms with Crippen LogP contribution in [-0.2, 0) is 4.87 Å². The van der Waals surface area contributed by atoms with Crippen LogP contribution in [0, 0.1) is 0 Å². The predicted octanol–water partition coefficient (Wildman–Crippen LogP) is 4.82. The van der Waals surface area contributed by atoms with Crippen molar-refractivity contribution in [1.29, 1.82) is 0 Å². The van der Waals surface area contributed by atoms with Gasteiger partial charge in [0.2, 0.25) is 0 Å². The molecule has 3 N–H and O–H groups in total. The van der Waals surface area contributed by atoms with Gasteiger partial charge in [-0.1, -0.05) is 91.0 Å². The van der Waals surface area contributed by atoms with Crippen molar-refractivity contribution in [2.24, 2.45) is 5.84 Å². The zero-order valence-corrected chi connectivity index (χ0v) is 14.0. The second kappa shape index (κ2) is 8.70. The Labute approximate surface area is 146 Å². The highest BCUT2D eigenvalue weighted by Crippen LogP contribution is 2.42. The van der Waals surface area contributed by atoms with Crippen LogP contribution in [0.3, 0.4) is 0 Å². The summed E-state index contributed by atoms with van der Waals surface area (Å²) in [6.07, 6.45) is 0. The summed E-state index contributed by atoms with van der Waals surface area (Å²) in [5.74, 6) is 4.36. The highest BCUT2D eigenvalue weighted by atomic mass is 35.5. The standard InChI is InChI=1S/C19H15Cl.ClH3N2/c20-19(16-10-4-1-5-11-16,17-12-6-2-7-13-17)18-14-8-3-9-15-18;1-3-2/h1-15H;3H,2H2. The summed E-state index contributed by atoms with van der Waals surface area (Å²) in [4.78, 5) is 1.07. The minimum Gasteiger partial charge on any atom is -0.257 e. The van der Waals surface area contributed by atoms with Gasteiger partial charge in [-0.15, -0.1) is 11.6 Å². The average molecular weight is 345 g/mol. The zero-order valence-electron chi connectivity index (χ0n) is 12.5. The Bertz CT molecular complexity index is 592. The highest BCUT2D eigenvalue weighted by molar-refractivity contribution is 6.28. The predicted molar refractivity (Wildman–Crippen MR) is 98.2 cm³/mol. The fourth-order valence-corrected chi connectivity index (χ4v) is 2.88. The molecular formula is C19H18Cl2N2. The maximum absolute atomic E-state index is 7.12. The van der Waals surface area contributed by atoms with E-state index in [1.165, 1.54) is 0 Å². The fraction of sp³-hybridized carbons (Fsp3) is 0.0526. The molecule has 0 atom stereocenters. The van der Waals surface area contributed by atoms with Gasteiger partial charge in [-0.2, -0.15) is 4.94 Å².